The number of hydrogen-bond acceptors (Lipinski definition) is 2. The van der Waals surface area contributed by atoms with Gasteiger partial charge < -0.3 is 5.11 Å². The molecule has 2 rings (SSSR count). The van der Waals surface area contributed by atoms with E-state index in [9.17, 15) is 9.90 Å². The highest BCUT2D eigenvalue weighted by Crippen LogP contribution is 2.22. The fraction of sp³-hybridized carbons (Fsp3) is 0.211. The van der Waals surface area contributed by atoms with Crippen molar-refractivity contribution in [1.82, 2.24) is 0 Å². The van der Waals surface area contributed by atoms with Crippen LogP contribution in [-0.2, 0) is 0 Å². The van der Waals surface area contributed by atoms with Crippen molar-refractivity contribution in [2.45, 2.75) is 26.4 Å². The highest BCUT2D eigenvalue weighted by Gasteiger charge is 2.07. The van der Waals surface area contributed by atoms with E-state index >= 15 is 0 Å². The van der Waals surface area contributed by atoms with Crippen LogP contribution in [0, 0.1) is 0 Å². The Morgan fingerprint density at radius 1 is 1.05 bits per heavy atom. The third-order valence-corrected chi connectivity index (χ3v) is 3.43. The lowest BCUT2D eigenvalue weighted by molar-refractivity contribution is 0.101. The summed E-state index contributed by atoms with van der Waals surface area (Å²) >= 11 is 0. The summed E-state index contributed by atoms with van der Waals surface area (Å²) in [4.78, 5) is 11.2. The van der Waals surface area contributed by atoms with Crippen LogP contribution in [0.15, 0.2) is 60.2 Å². The van der Waals surface area contributed by atoms with Gasteiger partial charge in [-0.05, 0) is 31.4 Å². The average Bonchev–Trinajstić information content (AvgIpc) is 2.48. The molecule has 0 fully saturated rings. The van der Waals surface area contributed by atoms with E-state index in [1.807, 2.05) is 67.6 Å². The van der Waals surface area contributed by atoms with E-state index in [1.165, 1.54) is 0 Å². The van der Waals surface area contributed by atoms with Crippen LogP contribution in [0.25, 0.3) is 6.08 Å². The van der Waals surface area contributed by atoms with E-state index in [0.29, 0.717) is 12.0 Å². The van der Waals surface area contributed by atoms with E-state index in [-0.39, 0.29) is 5.78 Å². The first-order chi connectivity index (χ1) is 10.1. The van der Waals surface area contributed by atoms with Gasteiger partial charge in [-0.2, -0.15) is 0 Å². The molecule has 0 radical (unpaired) electrons. The van der Waals surface area contributed by atoms with Crippen LogP contribution < -0.4 is 0 Å². The van der Waals surface area contributed by atoms with Crippen molar-refractivity contribution >= 4 is 11.9 Å². The Balaban J connectivity index is 2.05. The number of hydrogen-bond donors (Lipinski definition) is 1. The van der Waals surface area contributed by atoms with Crippen LogP contribution in [0.4, 0.5) is 0 Å². The second-order valence-electron chi connectivity index (χ2n) is 5.30. The number of Topliss-reactive ketones (excluding diaryl/α,β-unsaturated/α-hetero) is 1. The van der Waals surface area contributed by atoms with E-state index in [4.69, 9.17) is 0 Å². The third kappa shape index (κ3) is 4.40. The molecule has 1 atom stereocenters. The van der Waals surface area contributed by atoms with Gasteiger partial charge in [-0.25, -0.2) is 0 Å². The molecule has 0 aromatic heterocycles. The Labute approximate surface area is 125 Å². The fourth-order valence-corrected chi connectivity index (χ4v) is 2.26. The Morgan fingerprint density at radius 2 is 1.67 bits per heavy atom. The van der Waals surface area contributed by atoms with Gasteiger partial charge in [0.15, 0.2) is 5.78 Å². The topological polar surface area (TPSA) is 37.3 Å². The standard InChI is InChI=1S/C19H20O2/c1-14(13-19(21)18-6-4-3-5-7-18)12-16-8-10-17(11-9-16)15(2)20/h3-12,19,21H,13H2,1-2H3/b14-12+. The first-order valence-corrected chi connectivity index (χ1v) is 7.07. The lowest BCUT2D eigenvalue weighted by Gasteiger charge is -2.11. The van der Waals surface area contributed by atoms with Crippen LogP contribution in [0.1, 0.15) is 47.9 Å². The minimum absolute atomic E-state index is 0.0711. The van der Waals surface area contributed by atoms with Gasteiger partial charge in [0.2, 0.25) is 0 Å². The van der Waals surface area contributed by atoms with Crippen LogP contribution in [0.3, 0.4) is 0 Å². The molecule has 0 heterocycles. The summed E-state index contributed by atoms with van der Waals surface area (Å²) in [7, 11) is 0. The van der Waals surface area contributed by atoms with Crippen molar-refractivity contribution in [2.75, 3.05) is 0 Å². The van der Waals surface area contributed by atoms with Crippen molar-refractivity contribution in [1.29, 1.82) is 0 Å². The summed E-state index contributed by atoms with van der Waals surface area (Å²) in [6.07, 6.45) is 2.15. The first kappa shape index (κ1) is 15.2. The van der Waals surface area contributed by atoms with Gasteiger partial charge in [0.05, 0.1) is 6.10 Å². The molecule has 0 spiro atoms. The maximum atomic E-state index is 11.2. The number of carbonyl (C=O) groups excluding carboxylic acids is 1. The summed E-state index contributed by atoms with van der Waals surface area (Å²) in [5, 5.41) is 10.2. The van der Waals surface area contributed by atoms with Gasteiger partial charge in [0.25, 0.3) is 0 Å². The van der Waals surface area contributed by atoms with Gasteiger partial charge in [-0.15, -0.1) is 0 Å². The number of aliphatic hydroxyl groups is 1. The summed E-state index contributed by atoms with van der Waals surface area (Å²) in [5.41, 5.74) is 3.78. The summed E-state index contributed by atoms with van der Waals surface area (Å²) in [6, 6.07) is 17.2. The molecule has 0 saturated carbocycles. The number of benzene rings is 2. The normalized spacial score (nSPS) is 13.0. The summed E-state index contributed by atoms with van der Waals surface area (Å²) in [5.74, 6) is 0.0711. The maximum Gasteiger partial charge on any atom is 0.159 e. The zero-order chi connectivity index (χ0) is 15.2. The number of ketones is 1. The summed E-state index contributed by atoms with van der Waals surface area (Å²) < 4.78 is 0. The van der Waals surface area contributed by atoms with Crippen molar-refractivity contribution in [2.24, 2.45) is 0 Å². The SMILES string of the molecule is CC(=O)c1ccc(/C=C(\C)CC(O)c2ccccc2)cc1. The minimum atomic E-state index is -0.487. The van der Waals surface area contributed by atoms with Gasteiger partial charge >= 0.3 is 0 Å². The Morgan fingerprint density at radius 3 is 2.24 bits per heavy atom. The van der Waals surface area contributed by atoms with Gasteiger partial charge in [0.1, 0.15) is 0 Å². The number of rotatable bonds is 5. The Hall–Kier alpha value is -2.19. The monoisotopic (exact) mass is 280 g/mol. The molecule has 2 nitrogen and oxygen atoms in total. The average molecular weight is 280 g/mol. The van der Waals surface area contributed by atoms with E-state index in [1.54, 1.807) is 6.92 Å². The van der Waals surface area contributed by atoms with E-state index in [0.717, 1.165) is 16.7 Å². The van der Waals surface area contributed by atoms with E-state index < -0.39 is 6.10 Å². The molecule has 2 heteroatoms. The third-order valence-electron chi connectivity index (χ3n) is 3.43. The van der Waals surface area contributed by atoms with Crippen LogP contribution in [0.5, 0.6) is 0 Å². The van der Waals surface area contributed by atoms with Crippen LogP contribution in [0.2, 0.25) is 0 Å². The van der Waals surface area contributed by atoms with Gasteiger partial charge in [-0.1, -0.05) is 66.2 Å². The van der Waals surface area contributed by atoms with Gasteiger partial charge in [0, 0.05) is 5.56 Å². The molecular formula is C19H20O2. The molecule has 0 amide bonds. The predicted octanol–water partition coefficient (Wildman–Crippen LogP) is 4.42. The van der Waals surface area contributed by atoms with E-state index in [2.05, 4.69) is 0 Å². The fourth-order valence-electron chi connectivity index (χ4n) is 2.26. The van der Waals surface area contributed by atoms with Crippen LogP contribution in [-0.4, -0.2) is 10.9 Å². The first-order valence-electron chi connectivity index (χ1n) is 7.07. The second-order valence-corrected chi connectivity index (χ2v) is 5.30. The highest BCUT2D eigenvalue weighted by molar-refractivity contribution is 5.94. The molecular weight excluding hydrogens is 260 g/mol. The molecule has 1 N–H and O–H groups in total. The molecule has 0 saturated heterocycles. The lowest BCUT2D eigenvalue weighted by atomic mass is 10.0. The number of aliphatic hydroxyl groups excluding tert-OH is 1. The largest absolute Gasteiger partial charge is 0.388 e. The summed E-state index contributed by atoms with van der Waals surface area (Å²) in [6.45, 7) is 3.57. The molecule has 0 aliphatic carbocycles. The van der Waals surface area contributed by atoms with Crippen molar-refractivity contribution in [3.8, 4) is 0 Å². The Kier molecular flexibility index (Phi) is 5.07. The molecule has 108 valence electrons. The highest BCUT2D eigenvalue weighted by atomic mass is 16.3. The minimum Gasteiger partial charge on any atom is -0.388 e. The smallest absolute Gasteiger partial charge is 0.159 e. The lowest BCUT2D eigenvalue weighted by Crippen LogP contribution is -1.97. The molecule has 0 bridgehead atoms. The second kappa shape index (κ2) is 7.00. The quantitative estimate of drug-likeness (QED) is 0.823. The molecule has 1 unspecified atom stereocenters. The zero-order valence-electron chi connectivity index (χ0n) is 12.4. The predicted molar refractivity (Wildman–Crippen MR) is 86.1 cm³/mol. The molecule has 0 aliphatic rings. The zero-order valence-corrected chi connectivity index (χ0v) is 12.4. The van der Waals surface area contributed by atoms with Crippen molar-refractivity contribution in [3.05, 3.63) is 76.9 Å². The number of carbonyl (C=O) groups is 1. The molecule has 0 aliphatic heterocycles. The van der Waals surface area contributed by atoms with Crippen LogP contribution >= 0.6 is 0 Å². The molecule has 21 heavy (non-hydrogen) atoms. The molecule has 2 aromatic rings. The van der Waals surface area contributed by atoms with Crippen molar-refractivity contribution < 1.29 is 9.90 Å². The van der Waals surface area contributed by atoms with Gasteiger partial charge in [-0.3, -0.25) is 4.79 Å². The Bertz CT molecular complexity index is 624. The van der Waals surface area contributed by atoms with Crippen molar-refractivity contribution in [3.63, 3.8) is 0 Å². The maximum absolute atomic E-state index is 11.2. The molecule has 2 aromatic carbocycles.